The lowest BCUT2D eigenvalue weighted by molar-refractivity contribution is -0.0501. The number of rotatable bonds is 9. The first-order chi connectivity index (χ1) is 21.8. The highest BCUT2D eigenvalue weighted by Gasteiger charge is 2.49. The van der Waals surface area contributed by atoms with Gasteiger partial charge in [0.05, 0.1) is 9.92 Å². The molecule has 2 aromatic carbocycles. The van der Waals surface area contributed by atoms with Crippen LogP contribution in [0.1, 0.15) is 75.3 Å². The van der Waals surface area contributed by atoms with Crippen LogP contribution in [0.4, 0.5) is 30.7 Å². The first-order valence-corrected chi connectivity index (χ1v) is 18.4. The number of alkyl halides is 6. The van der Waals surface area contributed by atoms with E-state index >= 15 is 0 Å². The summed E-state index contributed by atoms with van der Waals surface area (Å²) in [4.78, 5) is 3.68. The third kappa shape index (κ3) is 9.73. The van der Waals surface area contributed by atoms with Crippen molar-refractivity contribution in [1.82, 2.24) is 9.80 Å². The molecular weight excluding hydrogens is 701 g/mol. The van der Waals surface area contributed by atoms with Crippen molar-refractivity contribution in [2.75, 3.05) is 39.3 Å². The minimum Gasteiger partial charge on any atom is -0.373 e. The van der Waals surface area contributed by atoms with E-state index < -0.39 is 47.4 Å². The van der Waals surface area contributed by atoms with E-state index in [0.717, 1.165) is 77.1 Å². The Morgan fingerprint density at radius 2 is 1.19 bits per heavy atom. The lowest BCUT2D eigenvalue weighted by Gasteiger charge is -2.32. The third-order valence-corrected chi connectivity index (χ3v) is 11.2. The van der Waals surface area contributed by atoms with Crippen molar-refractivity contribution >= 4 is 31.6 Å². The molecule has 0 saturated carbocycles. The standard InChI is InChI=1S/C15H19ClF3NO2S.C15H19F4NO3S/c1-2-8-20-9-6-11(7-10-20)12-4-3-5-13(14(12)16)23(21,22)15(17,18)19;1-2-8-20-9-6-11(7-10-20)12-4-3-5-13(14(12)16)23-24(21,22)15(17,18)19/h3-5,11H,2,6-10H2,1H3;3-5,11H,2,6-10H2,1H3. The van der Waals surface area contributed by atoms with Gasteiger partial charge >= 0.3 is 21.1 Å². The molecule has 2 heterocycles. The Kier molecular flexibility index (Phi) is 13.4. The molecule has 2 saturated heterocycles. The van der Waals surface area contributed by atoms with Crippen LogP contribution in [0.25, 0.3) is 0 Å². The van der Waals surface area contributed by atoms with E-state index in [1.54, 1.807) is 6.07 Å². The van der Waals surface area contributed by atoms with Crippen LogP contribution in [0.5, 0.6) is 5.75 Å². The summed E-state index contributed by atoms with van der Waals surface area (Å²) in [5.41, 5.74) is -10.3. The average Bonchev–Trinajstić information content (AvgIpc) is 2.99. The van der Waals surface area contributed by atoms with Crippen molar-refractivity contribution in [3.05, 3.63) is 58.4 Å². The summed E-state index contributed by atoms with van der Waals surface area (Å²) in [6, 6.07) is 7.52. The van der Waals surface area contributed by atoms with E-state index in [-0.39, 0.29) is 22.4 Å². The maximum absolute atomic E-state index is 14.5. The highest BCUT2D eigenvalue weighted by atomic mass is 35.5. The molecule has 0 radical (unpaired) electrons. The molecule has 0 N–H and O–H groups in total. The lowest BCUT2D eigenvalue weighted by Crippen LogP contribution is -2.33. The van der Waals surface area contributed by atoms with E-state index in [1.807, 2.05) is 0 Å². The fourth-order valence-corrected chi connectivity index (χ4v) is 7.72. The highest BCUT2D eigenvalue weighted by Crippen LogP contribution is 2.40. The molecule has 0 spiro atoms. The van der Waals surface area contributed by atoms with Crippen molar-refractivity contribution < 1.29 is 51.8 Å². The van der Waals surface area contributed by atoms with Gasteiger partial charge < -0.3 is 14.0 Å². The van der Waals surface area contributed by atoms with Gasteiger partial charge in [-0.3, -0.25) is 0 Å². The van der Waals surface area contributed by atoms with Gasteiger partial charge in [-0.15, -0.1) is 0 Å². The van der Waals surface area contributed by atoms with Crippen LogP contribution in [0, 0.1) is 5.82 Å². The molecule has 2 aromatic rings. The van der Waals surface area contributed by atoms with Crippen molar-refractivity contribution in [2.45, 2.75) is 80.1 Å². The predicted octanol–water partition coefficient (Wildman–Crippen LogP) is 7.87. The molecule has 0 atom stereocenters. The Hall–Kier alpha value is -2.14. The monoisotopic (exact) mass is 738 g/mol. The van der Waals surface area contributed by atoms with Gasteiger partial charge in [-0.2, -0.15) is 34.8 Å². The Labute approximate surface area is 276 Å². The zero-order chi connectivity index (χ0) is 35.2. The van der Waals surface area contributed by atoms with Gasteiger partial charge in [0.1, 0.15) is 0 Å². The van der Waals surface area contributed by atoms with Gasteiger partial charge in [-0.1, -0.05) is 49.7 Å². The first-order valence-electron chi connectivity index (χ1n) is 15.2. The normalized spacial score (nSPS) is 18.1. The Morgan fingerprint density at radius 1 is 0.745 bits per heavy atom. The molecule has 7 nitrogen and oxygen atoms in total. The number of benzene rings is 2. The SMILES string of the molecule is CCCN1CCC(c2cccc(OS(=O)(=O)C(F)(F)F)c2F)CC1.CCCN1CCC(c2cccc(S(=O)(=O)C(F)(F)F)c2Cl)CC1. The summed E-state index contributed by atoms with van der Waals surface area (Å²) in [5.74, 6) is -2.14. The molecule has 2 aliphatic rings. The molecule has 0 amide bonds. The fourth-order valence-electron chi connectivity index (χ4n) is 5.82. The van der Waals surface area contributed by atoms with Gasteiger partial charge in [-0.25, -0.2) is 12.8 Å². The molecule has 0 bridgehead atoms. The van der Waals surface area contributed by atoms with Crippen LogP contribution in [-0.4, -0.2) is 76.9 Å². The summed E-state index contributed by atoms with van der Waals surface area (Å²) in [5, 5.41) is -0.293. The molecule has 0 aliphatic carbocycles. The molecule has 266 valence electrons. The second-order valence-electron chi connectivity index (χ2n) is 11.5. The molecule has 2 aliphatic heterocycles. The van der Waals surface area contributed by atoms with Crippen LogP contribution < -0.4 is 4.18 Å². The third-order valence-electron chi connectivity index (χ3n) is 8.20. The van der Waals surface area contributed by atoms with Gasteiger partial charge in [0.2, 0.25) is 0 Å². The van der Waals surface area contributed by atoms with Gasteiger partial charge in [-0.05, 0) is 113 Å². The molecule has 2 fully saturated rings. The molecule has 0 unspecified atom stereocenters. The van der Waals surface area contributed by atoms with E-state index in [9.17, 15) is 47.6 Å². The van der Waals surface area contributed by atoms with Crippen LogP contribution in [0.15, 0.2) is 41.3 Å². The maximum atomic E-state index is 14.5. The second kappa shape index (κ2) is 16.0. The average molecular weight is 739 g/mol. The minimum atomic E-state index is -5.89. The fraction of sp³-hybridized carbons (Fsp3) is 0.600. The van der Waals surface area contributed by atoms with Crippen LogP contribution in [-0.2, 0) is 20.0 Å². The summed E-state index contributed by atoms with van der Waals surface area (Å²) in [7, 11) is -11.3. The molecule has 0 aromatic heterocycles. The summed E-state index contributed by atoms with van der Waals surface area (Å²) < 4.78 is 139. The predicted molar refractivity (Wildman–Crippen MR) is 164 cm³/mol. The van der Waals surface area contributed by atoms with Crippen molar-refractivity contribution in [3.63, 3.8) is 0 Å². The maximum Gasteiger partial charge on any atom is 0.534 e. The summed E-state index contributed by atoms with van der Waals surface area (Å²) >= 11 is 6.04. The zero-order valence-corrected chi connectivity index (χ0v) is 28.3. The van der Waals surface area contributed by atoms with Crippen molar-refractivity contribution in [2.24, 2.45) is 0 Å². The summed E-state index contributed by atoms with van der Waals surface area (Å²) in [6.07, 6.45) is 4.89. The van der Waals surface area contributed by atoms with Gasteiger partial charge in [0.15, 0.2) is 11.6 Å². The Morgan fingerprint density at radius 3 is 1.64 bits per heavy atom. The molecular formula is C30H38ClF7N2O5S2. The Balaban J connectivity index is 0.000000256. The molecule has 17 heteroatoms. The van der Waals surface area contributed by atoms with E-state index in [2.05, 4.69) is 27.8 Å². The largest absolute Gasteiger partial charge is 0.534 e. The second-order valence-corrected chi connectivity index (χ2v) is 15.3. The molecule has 47 heavy (non-hydrogen) atoms. The van der Waals surface area contributed by atoms with Gasteiger partial charge in [0.25, 0.3) is 9.84 Å². The van der Waals surface area contributed by atoms with Crippen LogP contribution >= 0.6 is 11.6 Å². The number of halogens is 8. The number of sulfone groups is 1. The van der Waals surface area contributed by atoms with Crippen LogP contribution in [0.3, 0.4) is 0 Å². The summed E-state index contributed by atoms with van der Waals surface area (Å²) in [6.45, 7) is 9.30. The van der Waals surface area contributed by atoms with E-state index in [1.165, 1.54) is 18.2 Å². The van der Waals surface area contributed by atoms with Crippen LogP contribution in [0.2, 0.25) is 5.02 Å². The Bertz CT molecular complexity index is 1560. The number of nitrogens with zero attached hydrogens (tertiary/aromatic N) is 2. The zero-order valence-electron chi connectivity index (χ0n) is 25.9. The molecule has 4 rings (SSSR count). The lowest BCUT2D eigenvalue weighted by atomic mass is 9.89. The van der Waals surface area contributed by atoms with E-state index in [4.69, 9.17) is 11.6 Å². The van der Waals surface area contributed by atoms with E-state index in [0.29, 0.717) is 18.4 Å². The number of piperidine rings is 2. The topological polar surface area (TPSA) is 84.0 Å². The van der Waals surface area contributed by atoms with Crippen molar-refractivity contribution in [1.29, 1.82) is 0 Å². The number of hydrogen-bond donors (Lipinski definition) is 0. The quantitative estimate of drug-likeness (QED) is 0.147. The van der Waals surface area contributed by atoms with Gasteiger partial charge in [0, 0.05) is 0 Å². The number of hydrogen-bond acceptors (Lipinski definition) is 7. The minimum absolute atomic E-state index is 0.0148. The highest BCUT2D eigenvalue weighted by molar-refractivity contribution is 7.92. The number of likely N-dealkylation sites (tertiary alicyclic amines) is 2. The smallest absolute Gasteiger partial charge is 0.373 e. The first kappa shape index (κ1) is 39.3. The van der Waals surface area contributed by atoms with Crippen molar-refractivity contribution in [3.8, 4) is 5.75 Å².